The maximum Gasteiger partial charge on any atom is 0.266 e. The van der Waals surface area contributed by atoms with E-state index in [2.05, 4.69) is 29.6 Å². The van der Waals surface area contributed by atoms with Crippen LogP contribution in [0.2, 0.25) is 0 Å². The van der Waals surface area contributed by atoms with Gasteiger partial charge in [0, 0.05) is 12.8 Å². The molecule has 0 aliphatic heterocycles. The third-order valence-corrected chi connectivity index (χ3v) is 5.35. The van der Waals surface area contributed by atoms with Crippen molar-refractivity contribution in [1.29, 1.82) is 0 Å². The molecule has 6 nitrogen and oxygen atoms in total. The SMILES string of the molecule is O=C(CCCCCCCCCc1ccccc1)N[C@H](Cc1ccc(O)cc1)C(=O)NO. The second-order valence-corrected chi connectivity index (χ2v) is 7.93. The van der Waals surface area contributed by atoms with Crippen LogP contribution in [0.4, 0.5) is 0 Å². The Morgan fingerprint density at radius 1 is 0.774 bits per heavy atom. The summed E-state index contributed by atoms with van der Waals surface area (Å²) in [7, 11) is 0. The minimum absolute atomic E-state index is 0.132. The van der Waals surface area contributed by atoms with Crippen LogP contribution in [0.25, 0.3) is 0 Å². The molecule has 2 aromatic carbocycles. The Balaban J connectivity index is 1.56. The molecule has 0 saturated heterocycles. The predicted molar refractivity (Wildman–Crippen MR) is 121 cm³/mol. The zero-order chi connectivity index (χ0) is 22.3. The maximum atomic E-state index is 12.2. The van der Waals surface area contributed by atoms with E-state index >= 15 is 0 Å². The minimum atomic E-state index is -0.855. The molecule has 0 bridgehead atoms. The van der Waals surface area contributed by atoms with Crippen molar-refractivity contribution in [2.45, 2.75) is 70.3 Å². The molecule has 0 unspecified atom stereocenters. The lowest BCUT2D eigenvalue weighted by atomic mass is 10.0. The van der Waals surface area contributed by atoms with Gasteiger partial charge in [0.05, 0.1) is 0 Å². The first kappa shape index (κ1) is 24.4. The molecule has 6 heteroatoms. The average Bonchev–Trinajstić information content (AvgIpc) is 2.79. The highest BCUT2D eigenvalue weighted by atomic mass is 16.5. The van der Waals surface area contributed by atoms with Gasteiger partial charge in [-0.15, -0.1) is 0 Å². The number of unbranched alkanes of at least 4 members (excludes halogenated alkanes) is 6. The number of carbonyl (C=O) groups is 2. The Morgan fingerprint density at radius 2 is 1.39 bits per heavy atom. The molecule has 0 aliphatic carbocycles. The number of rotatable bonds is 14. The van der Waals surface area contributed by atoms with Gasteiger partial charge in [-0.3, -0.25) is 14.8 Å². The fourth-order valence-electron chi connectivity index (χ4n) is 3.56. The number of benzene rings is 2. The number of carbonyl (C=O) groups excluding carboxylic acids is 2. The lowest BCUT2D eigenvalue weighted by molar-refractivity contribution is -0.134. The van der Waals surface area contributed by atoms with E-state index in [-0.39, 0.29) is 18.1 Å². The molecule has 2 amide bonds. The molecule has 2 rings (SSSR count). The molecule has 0 saturated carbocycles. The number of aromatic hydroxyl groups is 1. The molecule has 0 radical (unpaired) electrons. The van der Waals surface area contributed by atoms with Crippen LogP contribution >= 0.6 is 0 Å². The molecule has 31 heavy (non-hydrogen) atoms. The largest absolute Gasteiger partial charge is 0.508 e. The van der Waals surface area contributed by atoms with E-state index in [1.54, 1.807) is 17.6 Å². The third kappa shape index (κ3) is 10.1. The zero-order valence-electron chi connectivity index (χ0n) is 18.1. The van der Waals surface area contributed by atoms with E-state index in [1.807, 2.05) is 6.07 Å². The molecule has 2 aromatic rings. The summed E-state index contributed by atoms with van der Waals surface area (Å²) in [5.74, 6) is -0.723. The minimum Gasteiger partial charge on any atom is -0.508 e. The van der Waals surface area contributed by atoms with Crippen molar-refractivity contribution in [3.63, 3.8) is 0 Å². The summed E-state index contributed by atoms with van der Waals surface area (Å²) in [6, 6.07) is 16.1. The van der Waals surface area contributed by atoms with E-state index in [1.165, 1.54) is 43.4 Å². The summed E-state index contributed by atoms with van der Waals surface area (Å²) in [4.78, 5) is 24.1. The number of hydrogen-bond acceptors (Lipinski definition) is 4. The second-order valence-electron chi connectivity index (χ2n) is 7.93. The standard InChI is InChI=1S/C25H34N2O4/c28-22-17-15-21(16-18-22)19-23(25(30)27-31)26-24(29)14-10-5-3-1-2-4-7-11-20-12-8-6-9-13-20/h6,8-9,12-13,15-18,23,28,31H,1-5,7,10-11,14,19H2,(H,26,29)(H,27,30)/t23-/m1/s1. The quantitative estimate of drug-likeness (QED) is 0.206. The van der Waals surface area contributed by atoms with Crippen LogP contribution in [0.3, 0.4) is 0 Å². The van der Waals surface area contributed by atoms with Crippen LogP contribution in [0.15, 0.2) is 54.6 Å². The Morgan fingerprint density at radius 3 is 2.03 bits per heavy atom. The number of amides is 2. The highest BCUT2D eigenvalue weighted by Gasteiger charge is 2.20. The first-order valence-corrected chi connectivity index (χ1v) is 11.1. The molecule has 0 spiro atoms. The summed E-state index contributed by atoms with van der Waals surface area (Å²) >= 11 is 0. The van der Waals surface area contributed by atoms with E-state index in [9.17, 15) is 14.7 Å². The first-order valence-electron chi connectivity index (χ1n) is 11.1. The first-order chi connectivity index (χ1) is 15.1. The summed E-state index contributed by atoms with van der Waals surface area (Å²) in [5.41, 5.74) is 3.78. The van der Waals surface area contributed by atoms with Gasteiger partial charge in [0.25, 0.3) is 5.91 Å². The van der Waals surface area contributed by atoms with E-state index < -0.39 is 11.9 Å². The number of phenols is 1. The van der Waals surface area contributed by atoms with Crippen molar-refractivity contribution in [3.05, 3.63) is 65.7 Å². The molecule has 4 N–H and O–H groups in total. The predicted octanol–water partition coefficient (Wildman–Crippen LogP) is 4.29. The lowest BCUT2D eigenvalue weighted by Crippen LogP contribution is -2.47. The number of hydroxylamine groups is 1. The Bertz CT molecular complexity index is 778. The molecule has 1 atom stereocenters. The maximum absolute atomic E-state index is 12.2. The second kappa shape index (κ2) is 14.2. The molecule has 0 fully saturated rings. The molecule has 0 aromatic heterocycles. The monoisotopic (exact) mass is 426 g/mol. The molecular weight excluding hydrogens is 392 g/mol. The average molecular weight is 427 g/mol. The van der Waals surface area contributed by atoms with Gasteiger partial charge < -0.3 is 10.4 Å². The highest BCUT2D eigenvalue weighted by Crippen LogP contribution is 2.13. The van der Waals surface area contributed by atoms with Crippen molar-refractivity contribution < 1.29 is 19.9 Å². The van der Waals surface area contributed by atoms with Crippen LogP contribution in [-0.4, -0.2) is 28.2 Å². The Kier molecular flexibility index (Phi) is 11.2. The summed E-state index contributed by atoms with van der Waals surface area (Å²) < 4.78 is 0. The van der Waals surface area contributed by atoms with Crippen LogP contribution in [0, 0.1) is 0 Å². The van der Waals surface area contributed by atoms with Crippen molar-refractivity contribution in [3.8, 4) is 5.75 Å². The number of aryl methyl sites for hydroxylation is 1. The van der Waals surface area contributed by atoms with Crippen LogP contribution < -0.4 is 10.8 Å². The summed E-state index contributed by atoms with van der Waals surface area (Å²) in [6.07, 6.45) is 9.42. The normalized spacial score (nSPS) is 11.6. The fourth-order valence-corrected chi connectivity index (χ4v) is 3.56. The number of hydrogen-bond donors (Lipinski definition) is 4. The van der Waals surface area contributed by atoms with Gasteiger partial charge in [0.15, 0.2) is 0 Å². The van der Waals surface area contributed by atoms with Gasteiger partial charge >= 0.3 is 0 Å². The zero-order valence-corrected chi connectivity index (χ0v) is 18.1. The van der Waals surface area contributed by atoms with Crippen molar-refractivity contribution >= 4 is 11.8 Å². The lowest BCUT2D eigenvalue weighted by Gasteiger charge is -2.17. The van der Waals surface area contributed by atoms with E-state index in [4.69, 9.17) is 5.21 Å². The van der Waals surface area contributed by atoms with Gasteiger partial charge in [-0.2, -0.15) is 0 Å². The van der Waals surface area contributed by atoms with Gasteiger partial charge in [-0.1, -0.05) is 74.6 Å². The van der Waals surface area contributed by atoms with Crippen LogP contribution in [-0.2, 0) is 22.4 Å². The summed E-state index contributed by atoms with van der Waals surface area (Å²) in [6.45, 7) is 0. The van der Waals surface area contributed by atoms with Gasteiger partial charge in [-0.05, 0) is 42.5 Å². The molecule has 0 aliphatic rings. The topological polar surface area (TPSA) is 98.7 Å². The summed E-state index contributed by atoms with van der Waals surface area (Å²) in [5, 5.41) is 21.0. The van der Waals surface area contributed by atoms with E-state index in [0.717, 1.165) is 31.2 Å². The van der Waals surface area contributed by atoms with E-state index in [0.29, 0.717) is 6.42 Å². The van der Waals surface area contributed by atoms with Crippen molar-refractivity contribution in [2.75, 3.05) is 0 Å². The molecular formula is C25H34N2O4. The molecule has 0 heterocycles. The highest BCUT2D eigenvalue weighted by molar-refractivity contribution is 5.87. The van der Waals surface area contributed by atoms with Crippen LogP contribution in [0.5, 0.6) is 5.75 Å². The smallest absolute Gasteiger partial charge is 0.266 e. The van der Waals surface area contributed by atoms with Gasteiger partial charge in [0.1, 0.15) is 11.8 Å². The van der Waals surface area contributed by atoms with Gasteiger partial charge in [0.2, 0.25) is 5.91 Å². The molecule has 168 valence electrons. The van der Waals surface area contributed by atoms with Crippen molar-refractivity contribution in [1.82, 2.24) is 10.8 Å². The third-order valence-electron chi connectivity index (χ3n) is 5.35. The van der Waals surface area contributed by atoms with Gasteiger partial charge in [-0.25, -0.2) is 5.48 Å². The Labute approximate surface area is 184 Å². The fraction of sp³-hybridized carbons (Fsp3) is 0.440. The van der Waals surface area contributed by atoms with Crippen LogP contribution in [0.1, 0.15) is 62.5 Å². The Hall–Kier alpha value is -2.86. The number of phenolic OH excluding ortho intramolecular Hbond substituents is 1. The number of nitrogens with one attached hydrogen (secondary N) is 2. The van der Waals surface area contributed by atoms with Crippen molar-refractivity contribution in [2.24, 2.45) is 0 Å².